The molecule has 0 aromatic heterocycles. The minimum atomic E-state index is -4.83. The minimum Gasteiger partial charge on any atom is -1.00 e. The van der Waals surface area contributed by atoms with Crippen LogP contribution in [0.5, 0.6) is 0 Å². The highest BCUT2D eigenvalue weighted by Crippen LogP contribution is 2.57. The molecule has 0 saturated heterocycles. The molecule has 0 unspecified atom stereocenters. The molecule has 174 valence electrons. The van der Waals surface area contributed by atoms with E-state index in [1.807, 2.05) is 18.2 Å². The van der Waals surface area contributed by atoms with E-state index in [1.165, 1.54) is 12.1 Å². The zero-order valence-electron chi connectivity index (χ0n) is 17.7. The van der Waals surface area contributed by atoms with Crippen molar-refractivity contribution in [3.05, 3.63) is 120 Å². The Balaban J connectivity index is 0.00000324. The number of rotatable bonds is 5. The first-order chi connectivity index (χ1) is 15.9. The average Bonchev–Trinajstić information content (AvgIpc) is 2.83. The molecule has 0 atom stereocenters. The second-order valence-electron chi connectivity index (χ2n) is 7.10. The monoisotopic (exact) mass is 519 g/mol. The Morgan fingerprint density at radius 3 is 1.50 bits per heavy atom. The van der Waals surface area contributed by atoms with Gasteiger partial charge in [-0.3, -0.25) is 0 Å². The Kier molecular flexibility index (Phi) is 8.37. The first kappa shape index (κ1) is 25.8. The first-order valence-corrected chi connectivity index (χ1v) is 12.1. The van der Waals surface area contributed by atoms with E-state index < -0.39 is 19.6 Å². The SMILES string of the molecule is FC(F)(F)C(=Nc1cccc(Cl)c1)O[P+](c1ccccc1)(c1ccccc1)c1ccccc1.[Cl-]. The third kappa shape index (κ3) is 5.61. The molecule has 0 N–H and O–H groups in total. The standard InChI is InChI=1S/C26H19ClF3NOP.ClH/c27-20-11-10-12-21(19-20)31-25(26(28,29)30)32-33(22-13-4-1-5-14-22,23-15-6-2-7-16-23)24-17-8-3-9-18-24;/h1-19H;1H/q+1;/p-1. The summed E-state index contributed by atoms with van der Waals surface area (Å²) < 4.78 is 49.0. The van der Waals surface area contributed by atoms with E-state index in [1.54, 1.807) is 84.9 Å². The zero-order chi connectivity index (χ0) is 23.3. The van der Waals surface area contributed by atoms with Gasteiger partial charge >= 0.3 is 12.1 Å². The summed E-state index contributed by atoms with van der Waals surface area (Å²) in [7, 11) is -3.24. The molecule has 0 heterocycles. The number of hydrogen-bond acceptors (Lipinski definition) is 2. The quantitative estimate of drug-likeness (QED) is 0.223. The van der Waals surface area contributed by atoms with Crippen molar-refractivity contribution < 1.29 is 30.1 Å². The van der Waals surface area contributed by atoms with Gasteiger partial charge in [-0.1, -0.05) is 72.3 Å². The van der Waals surface area contributed by atoms with Gasteiger partial charge in [-0.2, -0.15) is 13.2 Å². The predicted octanol–water partition coefficient (Wildman–Crippen LogP) is 3.86. The maximum absolute atomic E-state index is 14.3. The molecule has 8 heteroatoms. The fraction of sp³-hybridized carbons (Fsp3) is 0.0385. The van der Waals surface area contributed by atoms with Crippen LogP contribution in [0.4, 0.5) is 18.9 Å². The van der Waals surface area contributed by atoms with Gasteiger partial charge in [-0.05, 0) is 54.6 Å². The van der Waals surface area contributed by atoms with Crippen LogP contribution in [-0.4, -0.2) is 12.1 Å². The van der Waals surface area contributed by atoms with E-state index in [0.29, 0.717) is 15.9 Å². The Bertz CT molecular complexity index is 1140. The summed E-state index contributed by atoms with van der Waals surface area (Å²) in [5.41, 5.74) is 0.0575. The highest BCUT2D eigenvalue weighted by molar-refractivity contribution is 7.92. The van der Waals surface area contributed by atoms with E-state index in [9.17, 15) is 13.2 Å². The van der Waals surface area contributed by atoms with Gasteiger partial charge in [0.2, 0.25) is 0 Å². The average molecular weight is 520 g/mol. The van der Waals surface area contributed by atoms with E-state index >= 15 is 0 Å². The fourth-order valence-electron chi connectivity index (χ4n) is 3.45. The van der Waals surface area contributed by atoms with Gasteiger partial charge in [0.25, 0.3) is 7.49 Å². The summed E-state index contributed by atoms with van der Waals surface area (Å²) >= 11 is 5.98. The van der Waals surface area contributed by atoms with Crippen LogP contribution < -0.4 is 28.3 Å². The number of hydrogen-bond donors (Lipinski definition) is 0. The lowest BCUT2D eigenvalue weighted by molar-refractivity contribution is -0.0703. The first-order valence-electron chi connectivity index (χ1n) is 10.1. The minimum absolute atomic E-state index is 0. The topological polar surface area (TPSA) is 21.6 Å². The molecule has 0 bridgehead atoms. The lowest BCUT2D eigenvalue weighted by Crippen LogP contribution is -3.00. The molecule has 2 nitrogen and oxygen atoms in total. The Labute approximate surface area is 207 Å². The van der Waals surface area contributed by atoms with Crippen LogP contribution >= 0.6 is 19.1 Å². The summed E-state index contributed by atoms with van der Waals surface area (Å²) in [6.07, 6.45) is -4.83. The van der Waals surface area contributed by atoms with Crippen molar-refractivity contribution in [2.75, 3.05) is 0 Å². The molecule has 34 heavy (non-hydrogen) atoms. The van der Waals surface area contributed by atoms with Crippen LogP contribution in [0.15, 0.2) is 120 Å². The van der Waals surface area contributed by atoms with Gasteiger partial charge in [-0.15, -0.1) is 0 Å². The number of halogens is 5. The Hall–Kier alpha value is -2.85. The van der Waals surface area contributed by atoms with Crippen molar-refractivity contribution in [1.82, 2.24) is 0 Å². The zero-order valence-corrected chi connectivity index (χ0v) is 20.1. The van der Waals surface area contributed by atoms with Crippen molar-refractivity contribution in [1.29, 1.82) is 0 Å². The molecule has 4 rings (SSSR count). The molecule has 4 aromatic rings. The number of alkyl halides is 3. The number of benzene rings is 4. The highest BCUT2D eigenvalue weighted by Gasteiger charge is 2.55. The smallest absolute Gasteiger partial charge is 0.473 e. The van der Waals surface area contributed by atoms with Crippen molar-refractivity contribution in [3.63, 3.8) is 0 Å². The molecular weight excluding hydrogens is 501 g/mol. The fourth-order valence-corrected chi connectivity index (χ4v) is 7.02. The number of nitrogens with zero attached hydrogens (tertiary/aromatic N) is 1. The van der Waals surface area contributed by atoms with Crippen LogP contribution in [0.2, 0.25) is 5.02 Å². The normalized spacial score (nSPS) is 12.1. The van der Waals surface area contributed by atoms with E-state index in [4.69, 9.17) is 16.1 Å². The molecule has 0 fully saturated rings. The van der Waals surface area contributed by atoms with Gasteiger partial charge < -0.3 is 16.9 Å². The van der Waals surface area contributed by atoms with Crippen LogP contribution in [0, 0.1) is 0 Å². The van der Waals surface area contributed by atoms with E-state index in [2.05, 4.69) is 4.99 Å². The number of aliphatic imine (C=N–C) groups is 1. The van der Waals surface area contributed by atoms with E-state index in [0.717, 1.165) is 0 Å². The third-order valence-corrected chi connectivity index (χ3v) is 8.62. The van der Waals surface area contributed by atoms with Crippen molar-refractivity contribution in [2.45, 2.75) is 6.18 Å². The van der Waals surface area contributed by atoms with Gasteiger partial charge in [0, 0.05) is 5.02 Å². The van der Waals surface area contributed by atoms with Crippen LogP contribution in [0.3, 0.4) is 0 Å². The van der Waals surface area contributed by atoms with Crippen molar-refractivity contribution in [2.24, 2.45) is 4.99 Å². The Morgan fingerprint density at radius 1 is 0.676 bits per heavy atom. The molecule has 0 aliphatic rings. The summed E-state index contributed by atoms with van der Waals surface area (Å²) in [4.78, 5) is 3.86. The second-order valence-corrected chi connectivity index (χ2v) is 10.5. The molecule has 0 spiro atoms. The highest BCUT2D eigenvalue weighted by atomic mass is 35.5. The second kappa shape index (κ2) is 11.1. The summed E-state index contributed by atoms with van der Waals surface area (Å²) in [6, 6.07) is 32.9. The lowest BCUT2D eigenvalue weighted by atomic mass is 10.3. The lowest BCUT2D eigenvalue weighted by Gasteiger charge is -2.27. The van der Waals surface area contributed by atoms with Gasteiger partial charge in [0.15, 0.2) is 0 Å². The third-order valence-electron chi connectivity index (χ3n) is 4.86. The van der Waals surface area contributed by atoms with E-state index in [-0.39, 0.29) is 23.1 Å². The molecule has 4 aromatic carbocycles. The van der Waals surface area contributed by atoms with Crippen LogP contribution in [-0.2, 0) is 4.52 Å². The van der Waals surface area contributed by atoms with Crippen molar-refractivity contribution >= 4 is 46.6 Å². The molecule has 0 aliphatic heterocycles. The molecule has 0 radical (unpaired) electrons. The summed E-state index contributed by atoms with van der Waals surface area (Å²) in [6.45, 7) is 0. The molecule has 0 aliphatic carbocycles. The molecule has 0 amide bonds. The Morgan fingerprint density at radius 2 is 1.12 bits per heavy atom. The summed E-state index contributed by atoms with van der Waals surface area (Å²) in [5, 5.41) is 2.22. The maximum Gasteiger partial charge on any atom is 0.473 e. The van der Waals surface area contributed by atoms with Gasteiger partial charge in [0.1, 0.15) is 15.9 Å². The van der Waals surface area contributed by atoms with Gasteiger partial charge in [0.05, 0.1) is 5.69 Å². The largest absolute Gasteiger partial charge is 1.00 e. The van der Waals surface area contributed by atoms with Gasteiger partial charge in [-0.25, -0.2) is 4.99 Å². The molecule has 0 saturated carbocycles. The summed E-state index contributed by atoms with van der Waals surface area (Å²) in [5.74, 6) is -1.32. The van der Waals surface area contributed by atoms with Crippen LogP contribution in [0.1, 0.15) is 0 Å². The molecular formula is C26H19Cl2F3NOP. The maximum atomic E-state index is 14.3. The van der Waals surface area contributed by atoms with Crippen LogP contribution in [0.25, 0.3) is 0 Å². The predicted molar refractivity (Wildman–Crippen MR) is 131 cm³/mol. The van der Waals surface area contributed by atoms with Crippen molar-refractivity contribution in [3.8, 4) is 0 Å².